The van der Waals surface area contributed by atoms with Gasteiger partial charge in [-0.05, 0) is 51.8 Å². The zero-order valence-corrected chi connectivity index (χ0v) is 14.1. The van der Waals surface area contributed by atoms with Crippen LogP contribution in [0, 0.1) is 0 Å². The molecule has 0 spiro atoms. The van der Waals surface area contributed by atoms with Crippen LogP contribution in [0.25, 0.3) is 0 Å². The highest BCUT2D eigenvalue weighted by atomic mass is 79.9. The highest BCUT2D eigenvalue weighted by Gasteiger charge is 2.08. The fourth-order valence-corrected chi connectivity index (χ4v) is 2.48. The van der Waals surface area contributed by atoms with E-state index in [0.29, 0.717) is 15.7 Å². The molecule has 2 aromatic rings. The van der Waals surface area contributed by atoms with Crippen LogP contribution in [0.1, 0.15) is 11.1 Å². The SMILES string of the molecule is NC(=S)c1ccc(NC(=O)Cc2ccc(Cl)cc2)c(Br)c1. The number of rotatable bonds is 4. The average molecular weight is 384 g/mol. The van der Waals surface area contributed by atoms with Crippen LogP contribution in [-0.2, 0) is 11.2 Å². The fourth-order valence-electron chi connectivity index (χ4n) is 1.75. The zero-order chi connectivity index (χ0) is 15.4. The van der Waals surface area contributed by atoms with Gasteiger partial charge < -0.3 is 11.1 Å². The fraction of sp³-hybridized carbons (Fsp3) is 0.0667. The molecule has 3 nitrogen and oxygen atoms in total. The van der Waals surface area contributed by atoms with Gasteiger partial charge in [0.05, 0.1) is 12.1 Å². The first-order valence-electron chi connectivity index (χ1n) is 6.09. The molecule has 108 valence electrons. The quantitative estimate of drug-likeness (QED) is 0.787. The first kappa shape index (κ1) is 15.9. The maximum absolute atomic E-state index is 12.0. The van der Waals surface area contributed by atoms with Gasteiger partial charge in [0, 0.05) is 15.1 Å². The van der Waals surface area contributed by atoms with Crippen LogP contribution in [0.2, 0.25) is 5.02 Å². The third-order valence-corrected chi connectivity index (χ3v) is 3.95. The second-order valence-corrected chi connectivity index (χ2v) is 6.14. The molecule has 0 aromatic heterocycles. The molecule has 3 N–H and O–H groups in total. The van der Waals surface area contributed by atoms with E-state index in [0.717, 1.165) is 15.6 Å². The van der Waals surface area contributed by atoms with Crippen LogP contribution in [0.5, 0.6) is 0 Å². The summed E-state index contributed by atoms with van der Waals surface area (Å²) < 4.78 is 0.734. The number of thiocarbonyl (C=S) groups is 1. The Morgan fingerprint density at radius 2 is 1.90 bits per heavy atom. The zero-order valence-electron chi connectivity index (χ0n) is 10.9. The molecule has 0 bridgehead atoms. The molecule has 0 heterocycles. The Bertz CT molecular complexity index is 689. The summed E-state index contributed by atoms with van der Waals surface area (Å²) in [6, 6.07) is 12.5. The number of carbonyl (C=O) groups excluding carboxylic acids is 1. The molecule has 0 unspecified atom stereocenters. The van der Waals surface area contributed by atoms with Gasteiger partial charge in [-0.25, -0.2) is 0 Å². The normalized spacial score (nSPS) is 10.2. The predicted molar refractivity (Wildman–Crippen MR) is 93.8 cm³/mol. The lowest BCUT2D eigenvalue weighted by Crippen LogP contribution is -2.15. The van der Waals surface area contributed by atoms with E-state index in [9.17, 15) is 4.79 Å². The van der Waals surface area contributed by atoms with Crippen molar-refractivity contribution in [2.75, 3.05) is 5.32 Å². The Morgan fingerprint density at radius 1 is 1.24 bits per heavy atom. The number of nitrogens with one attached hydrogen (secondary N) is 1. The van der Waals surface area contributed by atoms with Crippen molar-refractivity contribution in [3.8, 4) is 0 Å². The average Bonchev–Trinajstić information content (AvgIpc) is 2.43. The Kier molecular flexibility index (Phi) is 5.33. The first-order chi connectivity index (χ1) is 9.95. The number of anilines is 1. The van der Waals surface area contributed by atoms with Crippen LogP contribution in [-0.4, -0.2) is 10.9 Å². The van der Waals surface area contributed by atoms with Crippen molar-refractivity contribution in [3.05, 3.63) is 63.1 Å². The standard InChI is InChI=1S/C15H12BrClN2OS/c16-12-8-10(15(18)21)3-6-13(12)19-14(20)7-9-1-4-11(17)5-2-9/h1-6,8H,7H2,(H2,18,21)(H,19,20). The van der Waals surface area contributed by atoms with E-state index < -0.39 is 0 Å². The minimum atomic E-state index is -0.110. The molecule has 1 amide bonds. The van der Waals surface area contributed by atoms with Crippen LogP contribution < -0.4 is 11.1 Å². The smallest absolute Gasteiger partial charge is 0.228 e. The molecule has 0 fully saturated rings. The molecule has 0 atom stereocenters. The van der Waals surface area contributed by atoms with E-state index in [-0.39, 0.29) is 12.3 Å². The molecule has 0 saturated carbocycles. The lowest BCUT2D eigenvalue weighted by molar-refractivity contribution is -0.115. The summed E-state index contributed by atoms with van der Waals surface area (Å²) in [5.41, 5.74) is 7.87. The maximum Gasteiger partial charge on any atom is 0.228 e. The number of amides is 1. The Hall–Kier alpha value is -1.43. The van der Waals surface area contributed by atoms with Gasteiger partial charge in [0.15, 0.2) is 0 Å². The van der Waals surface area contributed by atoms with Crippen LogP contribution in [0.4, 0.5) is 5.69 Å². The highest BCUT2D eigenvalue weighted by molar-refractivity contribution is 9.10. The minimum Gasteiger partial charge on any atom is -0.389 e. The predicted octanol–water partition coefficient (Wildman–Crippen LogP) is 3.92. The Balaban J connectivity index is 2.06. The van der Waals surface area contributed by atoms with E-state index in [1.807, 2.05) is 12.1 Å². The molecule has 6 heteroatoms. The lowest BCUT2D eigenvalue weighted by Gasteiger charge is -2.09. The molecule has 0 aliphatic heterocycles. The van der Waals surface area contributed by atoms with Crippen LogP contribution >= 0.6 is 39.7 Å². The van der Waals surface area contributed by atoms with E-state index in [1.165, 1.54) is 0 Å². The maximum atomic E-state index is 12.0. The van der Waals surface area contributed by atoms with E-state index in [4.69, 9.17) is 29.6 Å². The van der Waals surface area contributed by atoms with Gasteiger partial charge in [-0.1, -0.05) is 36.0 Å². The molecule has 2 aromatic carbocycles. The van der Waals surface area contributed by atoms with Crippen molar-refractivity contribution in [2.24, 2.45) is 5.73 Å². The topological polar surface area (TPSA) is 55.1 Å². The number of halogens is 2. The number of hydrogen-bond donors (Lipinski definition) is 2. The third-order valence-electron chi connectivity index (χ3n) is 2.81. The monoisotopic (exact) mass is 382 g/mol. The summed E-state index contributed by atoms with van der Waals surface area (Å²) in [4.78, 5) is 12.3. The van der Waals surface area contributed by atoms with E-state index in [2.05, 4.69) is 21.2 Å². The molecular formula is C15H12BrClN2OS. The number of benzene rings is 2. The van der Waals surface area contributed by atoms with Crippen molar-refractivity contribution < 1.29 is 4.79 Å². The summed E-state index contributed by atoms with van der Waals surface area (Å²) in [6.07, 6.45) is 0.278. The summed E-state index contributed by atoms with van der Waals surface area (Å²) >= 11 is 14.1. The second-order valence-electron chi connectivity index (χ2n) is 4.41. The van der Waals surface area contributed by atoms with Gasteiger partial charge in [-0.15, -0.1) is 0 Å². The van der Waals surface area contributed by atoms with Crippen molar-refractivity contribution >= 4 is 56.3 Å². The second kappa shape index (κ2) is 7.02. The largest absolute Gasteiger partial charge is 0.389 e. The Labute approximate surface area is 141 Å². The molecular weight excluding hydrogens is 372 g/mol. The van der Waals surface area contributed by atoms with Gasteiger partial charge >= 0.3 is 0 Å². The van der Waals surface area contributed by atoms with Crippen molar-refractivity contribution in [1.82, 2.24) is 0 Å². The number of hydrogen-bond acceptors (Lipinski definition) is 2. The molecule has 2 rings (SSSR count). The number of nitrogens with two attached hydrogens (primary N) is 1. The molecule has 0 aliphatic rings. The third kappa shape index (κ3) is 4.52. The molecule has 0 saturated heterocycles. The molecule has 0 radical (unpaired) electrons. The van der Waals surface area contributed by atoms with Crippen LogP contribution in [0.3, 0.4) is 0 Å². The minimum absolute atomic E-state index is 0.110. The first-order valence-corrected chi connectivity index (χ1v) is 7.67. The van der Waals surface area contributed by atoms with E-state index in [1.54, 1.807) is 30.3 Å². The summed E-state index contributed by atoms with van der Waals surface area (Å²) in [5.74, 6) is -0.110. The van der Waals surface area contributed by atoms with Gasteiger partial charge in [0.1, 0.15) is 4.99 Å². The van der Waals surface area contributed by atoms with Gasteiger partial charge in [0.2, 0.25) is 5.91 Å². The van der Waals surface area contributed by atoms with Crippen molar-refractivity contribution in [2.45, 2.75) is 6.42 Å². The van der Waals surface area contributed by atoms with Gasteiger partial charge in [-0.3, -0.25) is 4.79 Å². The highest BCUT2D eigenvalue weighted by Crippen LogP contribution is 2.24. The van der Waals surface area contributed by atoms with Crippen molar-refractivity contribution in [3.63, 3.8) is 0 Å². The van der Waals surface area contributed by atoms with Crippen LogP contribution in [0.15, 0.2) is 46.9 Å². The lowest BCUT2D eigenvalue weighted by atomic mass is 10.1. The summed E-state index contributed by atoms with van der Waals surface area (Å²) in [5, 5.41) is 3.48. The number of carbonyl (C=O) groups is 1. The Morgan fingerprint density at radius 3 is 2.48 bits per heavy atom. The summed E-state index contributed by atoms with van der Waals surface area (Å²) in [6.45, 7) is 0. The molecule has 0 aliphatic carbocycles. The van der Waals surface area contributed by atoms with Gasteiger partial charge in [-0.2, -0.15) is 0 Å². The van der Waals surface area contributed by atoms with Gasteiger partial charge in [0.25, 0.3) is 0 Å². The summed E-state index contributed by atoms with van der Waals surface area (Å²) in [7, 11) is 0. The van der Waals surface area contributed by atoms with E-state index >= 15 is 0 Å². The van der Waals surface area contributed by atoms with Crippen molar-refractivity contribution in [1.29, 1.82) is 0 Å². The molecule has 21 heavy (non-hydrogen) atoms.